The quantitative estimate of drug-likeness (QED) is 0.873. The second kappa shape index (κ2) is 7.22. The lowest BCUT2D eigenvalue weighted by Gasteiger charge is -2.10. The maximum absolute atomic E-state index is 11.3. The van der Waals surface area contributed by atoms with Crippen molar-refractivity contribution >= 4 is 17.6 Å². The Balaban J connectivity index is 2.31. The van der Waals surface area contributed by atoms with Gasteiger partial charge < -0.3 is 9.84 Å². The summed E-state index contributed by atoms with van der Waals surface area (Å²) in [5, 5.41) is 9.82. The summed E-state index contributed by atoms with van der Waals surface area (Å²) in [6.07, 6.45) is 2.22. The smallest absolute Gasteiger partial charge is 0.356 e. The molecule has 22 heavy (non-hydrogen) atoms. The van der Waals surface area contributed by atoms with Crippen LogP contribution in [0.3, 0.4) is 0 Å². The summed E-state index contributed by atoms with van der Waals surface area (Å²) >= 11 is 5.85. The molecule has 0 saturated heterocycles. The molecule has 0 radical (unpaired) electrons. The molecule has 116 valence electrons. The van der Waals surface area contributed by atoms with Crippen LogP contribution in [0.15, 0.2) is 30.5 Å². The first kappa shape index (κ1) is 16.2. The number of ether oxygens (including phenoxy) is 1. The summed E-state index contributed by atoms with van der Waals surface area (Å²) < 4.78 is 5.54. The molecule has 5 nitrogen and oxygen atoms in total. The Kier molecular flexibility index (Phi) is 5.33. The number of hydrogen-bond acceptors (Lipinski definition) is 4. The molecule has 0 saturated carbocycles. The van der Waals surface area contributed by atoms with Crippen LogP contribution < -0.4 is 4.74 Å². The predicted octanol–water partition coefficient (Wildman–Crippen LogP) is 3.92. The van der Waals surface area contributed by atoms with Gasteiger partial charge in [-0.05, 0) is 24.5 Å². The van der Waals surface area contributed by atoms with E-state index in [4.69, 9.17) is 16.3 Å². The Hall–Kier alpha value is -2.14. The van der Waals surface area contributed by atoms with Crippen LogP contribution in [-0.4, -0.2) is 27.7 Å². The standard InChI is InChI=1S/C16H17ClN2O3/c1-10(2)7-8-22-13-9-18-15(16(20)21)14(19-13)11-3-5-12(17)6-4-11/h3-6,9-10H,7-8H2,1-2H3,(H,20,21). The molecule has 1 N–H and O–H groups in total. The van der Waals surface area contributed by atoms with E-state index >= 15 is 0 Å². The minimum atomic E-state index is -1.13. The van der Waals surface area contributed by atoms with Crippen LogP contribution in [0.4, 0.5) is 0 Å². The fourth-order valence-corrected chi connectivity index (χ4v) is 1.93. The molecule has 2 rings (SSSR count). The minimum Gasteiger partial charge on any atom is -0.477 e. The number of nitrogens with zero attached hydrogens (tertiary/aromatic N) is 2. The van der Waals surface area contributed by atoms with Crippen LogP contribution in [0.5, 0.6) is 5.88 Å². The van der Waals surface area contributed by atoms with Crippen LogP contribution >= 0.6 is 11.6 Å². The summed E-state index contributed by atoms with van der Waals surface area (Å²) in [7, 11) is 0. The molecular formula is C16H17ClN2O3. The second-order valence-corrected chi connectivity index (χ2v) is 5.68. The highest BCUT2D eigenvalue weighted by Crippen LogP contribution is 2.24. The highest BCUT2D eigenvalue weighted by molar-refractivity contribution is 6.30. The Morgan fingerprint density at radius 1 is 1.32 bits per heavy atom. The molecule has 0 atom stereocenters. The zero-order valence-electron chi connectivity index (χ0n) is 12.4. The van der Waals surface area contributed by atoms with Gasteiger partial charge in [-0.2, -0.15) is 0 Å². The van der Waals surface area contributed by atoms with Gasteiger partial charge in [0, 0.05) is 10.6 Å². The SMILES string of the molecule is CC(C)CCOc1cnc(C(=O)O)c(-c2ccc(Cl)cc2)n1. The van der Waals surface area contributed by atoms with E-state index in [1.54, 1.807) is 24.3 Å². The molecular weight excluding hydrogens is 304 g/mol. The van der Waals surface area contributed by atoms with E-state index in [9.17, 15) is 9.90 Å². The summed E-state index contributed by atoms with van der Waals surface area (Å²) in [5.41, 5.74) is 0.786. The molecule has 2 aromatic rings. The van der Waals surface area contributed by atoms with Gasteiger partial charge in [-0.1, -0.05) is 37.6 Å². The summed E-state index contributed by atoms with van der Waals surface area (Å²) in [6.45, 7) is 4.71. The van der Waals surface area contributed by atoms with Crippen molar-refractivity contribution in [2.24, 2.45) is 5.92 Å². The Morgan fingerprint density at radius 2 is 2.00 bits per heavy atom. The van der Waals surface area contributed by atoms with Crippen LogP contribution in [0.25, 0.3) is 11.3 Å². The summed E-state index contributed by atoms with van der Waals surface area (Å²) in [6, 6.07) is 6.76. The van der Waals surface area contributed by atoms with Gasteiger partial charge in [0.1, 0.15) is 5.69 Å². The van der Waals surface area contributed by atoms with Crippen molar-refractivity contribution in [3.8, 4) is 17.1 Å². The van der Waals surface area contributed by atoms with E-state index in [1.165, 1.54) is 6.20 Å². The third-order valence-electron chi connectivity index (χ3n) is 3.02. The molecule has 0 aliphatic carbocycles. The van der Waals surface area contributed by atoms with Crippen molar-refractivity contribution < 1.29 is 14.6 Å². The van der Waals surface area contributed by atoms with Crippen LogP contribution in [0, 0.1) is 5.92 Å². The van der Waals surface area contributed by atoms with Gasteiger partial charge in [0.25, 0.3) is 0 Å². The first-order chi connectivity index (χ1) is 10.5. The number of carboxylic acid groups (broad SMARTS) is 1. The monoisotopic (exact) mass is 320 g/mol. The van der Waals surface area contributed by atoms with Crippen LogP contribution in [-0.2, 0) is 0 Å². The lowest BCUT2D eigenvalue weighted by molar-refractivity contribution is 0.0691. The van der Waals surface area contributed by atoms with Crippen molar-refractivity contribution in [1.82, 2.24) is 9.97 Å². The molecule has 0 amide bonds. The number of hydrogen-bond donors (Lipinski definition) is 1. The van der Waals surface area contributed by atoms with Crippen molar-refractivity contribution in [3.63, 3.8) is 0 Å². The van der Waals surface area contributed by atoms with Crippen molar-refractivity contribution in [3.05, 3.63) is 41.2 Å². The average molecular weight is 321 g/mol. The van der Waals surface area contributed by atoms with Gasteiger partial charge in [0.2, 0.25) is 5.88 Å². The Morgan fingerprint density at radius 3 is 2.59 bits per heavy atom. The van der Waals surface area contributed by atoms with Gasteiger partial charge >= 0.3 is 5.97 Å². The number of rotatable bonds is 6. The molecule has 0 spiro atoms. The topological polar surface area (TPSA) is 72.3 Å². The molecule has 6 heteroatoms. The lowest BCUT2D eigenvalue weighted by Crippen LogP contribution is -2.08. The number of aromatic nitrogens is 2. The average Bonchev–Trinajstić information content (AvgIpc) is 2.47. The maximum atomic E-state index is 11.3. The van der Waals surface area contributed by atoms with Crippen molar-refractivity contribution in [2.75, 3.05) is 6.61 Å². The van der Waals surface area contributed by atoms with E-state index in [0.29, 0.717) is 29.0 Å². The highest BCUT2D eigenvalue weighted by Gasteiger charge is 2.16. The van der Waals surface area contributed by atoms with Crippen LogP contribution in [0.1, 0.15) is 30.8 Å². The maximum Gasteiger partial charge on any atom is 0.356 e. The highest BCUT2D eigenvalue weighted by atomic mass is 35.5. The molecule has 0 aliphatic rings. The van der Waals surface area contributed by atoms with Crippen molar-refractivity contribution in [2.45, 2.75) is 20.3 Å². The molecule has 0 bridgehead atoms. The molecule has 0 unspecified atom stereocenters. The molecule has 0 aliphatic heterocycles. The first-order valence-electron chi connectivity index (χ1n) is 6.96. The fraction of sp³-hybridized carbons (Fsp3) is 0.312. The zero-order chi connectivity index (χ0) is 16.1. The molecule has 0 fully saturated rings. The van der Waals surface area contributed by atoms with Crippen LogP contribution in [0.2, 0.25) is 5.02 Å². The molecule has 1 heterocycles. The minimum absolute atomic E-state index is 0.112. The van der Waals surface area contributed by atoms with Crippen molar-refractivity contribution in [1.29, 1.82) is 0 Å². The lowest BCUT2D eigenvalue weighted by atomic mass is 10.1. The van der Waals surface area contributed by atoms with Gasteiger partial charge in [0.15, 0.2) is 5.69 Å². The zero-order valence-corrected chi connectivity index (χ0v) is 13.2. The fourth-order valence-electron chi connectivity index (χ4n) is 1.81. The summed E-state index contributed by atoms with van der Waals surface area (Å²) in [5.74, 6) is -0.302. The van der Waals surface area contributed by atoms with E-state index in [0.717, 1.165) is 6.42 Å². The number of benzene rings is 1. The third-order valence-corrected chi connectivity index (χ3v) is 3.27. The van der Waals surface area contributed by atoms with Gasteiger partial charge in [-0.15, -0.1) is 0 Å². The first-order valence-corrected chi connectivity index (χ1v) is 7.34. The van der Waals surface area contributed by atoms with Gasteiger partial charge in [-0.25, -0.2) is 14.8 Å². The molecule has 1 aromatic carbocycles. The molecule has 1 aromatic heterocycles. The third kappa shape index (κ3) is 4.18. The largest absolute Gasteiger partial charge is 0.477 e. The second-order valence-electron chi connectivity index (χ2n) is 5.25. The van der Waals surface area contributed by atoms with Gasteiger partial charge in [0.05, 0.1) is 12.8 Å². The van der Waals surface area contributed by atoms with E-state index in [-0.39, 0.29) is 11.4 Å². The Bertz CT molecular complexity index is 657. The van der Waals surface area contributed by atoms with E-state index in [2.05, 4.69) is 23.8 Å². The van der Waals surface area contributed by atoms with E-state index < -0.39 is 5.97 Å². The Labute approximate surface area is 133 Å². The summed E-state index contributed by atoms with van der Waals surface area (Å²) in [4.78, 5) is 19.5. The number of aromatic carboxylic acids is 1. The number of carboxylic acids is 1. The van der Waals surface area contributed by atoms with Gasteiger partial charge in [-0.3, -0.25) is 0 Å². The normalized spacial score (nSPS) is 10.7. The van der Waals surface area contributed by atoms with E-state index in [1.807, 2.05) is 0 Å². The predicted molar refractivity (Wildman–Crippen MR) is 84.4 cm³/mol. The number of halogens is 1. The number of carbonyl (C=O) groups is 1.